The number of hydrogen-bond acceptors (Lipinski definition) is 3. The molecule has 3 heteroatoms. The Morgan fingerprint density at radius 1 is 0.793 bits per heavy atom. The van der Waals surface area contributed by atoms with Crippen LogP contribution in [0.3, 0.4) is 0 Å². The molecule has 2 atom stereocenters. The molecule has 1 aliphatic rings. The van der Waals surface area contributed by atoms with Gasteiger partial charge in [0.25, 0.3) is 0 Å². The maximum atomic E-state index is 13.4. The third-order valence-corrected chi connectivity index (χ3v) is 5.35. The van der Waals surface area contributed by atoms with Crippen LogP contribution in [0.1, 0.15) is 33.8 Å². The molecule has 0 N–H and O–H groups in total. The molecule has 1 aliphatic carbocycles. The fourth-order valence-electron chi connectivity index (χ4n) is 3.89. The topological polar surface area (TPSA) is 43.4 Å². The average Bonchev–Trinajstić information content (AvgIpc) is 3.24. The summed E-state index contributed by atoms with van der Waals surface area (Å²) in [5, 5.41) is 0. The van der Waals surface area contributed by atoms with E-state index in [1.54, 1.807) is 12.1 Å². The van der Waals surface area contributed by atoms with Gasteiger partial charge in [-0.05, 0) is 17.5 Å². The van der Waals surface area contributed by atoms with Crippen molar-refractivity contribution in [3.05, 3.63) is 119 Å². The van der Waals surface area contributed by atoms with E-state index in [9.17, 15) is 9.59 Å². The second-order valence-electron chi connectivity index (χ2n) is 7.18. The molecule has 0 spiro atoms. The van der Waals surface area contributed by atoms with Crippen LogP contribution in [0.2, 0.25) is 0 Å². The van der Waals surface area contributed by atoms with E-state index >= 15 is 0 Å². The number of Topliss-reactive ketones (excluding diaryl/α,β-unsaturated/α-hetero) is 1. The standard InChI is InChI=1S/C26H22O3/c27-25(21-14-8-3-9-15-21)24-22(20-12-6-2-7-13-20)16-17-23(24)26(28)29-18-19-10-4-1-5-11-19/h1-15,17,22,24H,16,18H2/t22-,24-/m0/s1. The zero-order chi connectivity index (χ0) is 20.1. The summed E-state index contributed by atoms with van der Waals surface area (Å²) in [6.07, 6.45) is 2.51. The molecule has 0 radical (unpaired) electrons. The molecule has 3 aromatic rings. The van der Waals surface area contributed by atoms with Gasteiger partial charge >= 0.3 is 5.97 Å². The number of carbonyl (C=O) groups is 2. The fraction of sp³-hybridized carbons (Fsp3) is 0.154. The summed E-state index contributed by atoms with van der Waals surface area (Å²) >= 11 is 0. The Balaban J connectivity index is 1.59. The highest BCUT2D eigenvalue weighted by atomic mass is 16.5. The van der Waals surface area contributed by atoms with E-state index in [1.807, 2.05) is 84.9 Å². The van der Waals surface area contributed by atoms with Gasteiger partial charge in [0.05, 0.1) is 5.92 Å². The van der Waals surface area contributed by atoms with Crippen molar-refractivity contribution in [2.45, 2.75) is 18.9 Å². The Kier molecular flexibility index (Phi) is 5.66. The van der Waals surface area contributed by atoms with Crippen LogP contribution in [0.15, 0.2) is 103 Å². The molecule has 0 amide bonds. The van der Waals surface area contributed by atoms with Gasteiger partial charge < -0.3 is 4.74 Å². The van der Waals surface area contributed by atoms with Gasteiger partial charge in [0.1, 0.15) is 6.61 Å². The maximum absolute atomic E-state index is 13.4. The largest absolute Gasteiger partial charge is 0.457 e. The van der Waals surface area contributed by atoms with Crippen LogP contribution in [0.4, 0.5) is 0 Å². The molecule has 0 bridgehead atoms. The lowest BCUT2D eigenvalue weighted by molar-refractivity contribution is -0.140. The number of ether oxygens (including phenoxy) is 1. The number of carbonyl (C=O) groups excluding carboxylic acids is 2. The molecule has 0 fully saturated rings. The highest BCUT2D eigenvalue weighted by Crippen LogP contribution is 2.42. The summed E-state index contributed by atoms with van der Waals surface area (Å²) in [5.74, 6) is -1.06. The van der Waals surface area contributed by atoms with Gasteiger partial charge in [-0.3, -0.25) is 4.79 Å². The lowest BCUT2D eigenvalue weighted by atomic mass is 9.80. The molecule has 0 aromatic heterocycles. The van der Waals surface area contributed by atoms with Crippen LogP contribution in [0.5, 0.6) is 0 Å². The number of esters is 1. The number of rotatable bonds is 6. The van der Waals surface area contributed by atoms with Crippen LogP contribution in [0, 0.1) is 5.92 Å². The maximum Gasteiger partial charge on any atom is 0.334 e. The van der Waals surface area contributed by atoms with E-state index in [2.05, 4.69) is 0 Å². The van der Waals surface area contributed by atoms with Crippen molar-refractivity contribution in [2.24, 2.45) is 5.92 Å². The van der Waals surface area contributed by atoms with E-state index in [0.29, 0.717) is 17.6 Å². The Bertz CT molecular complexity index is 1010. The summed E-state index contributed by atoms with van der Waals surface area (Å²) in [6.45, 7) is 0.194. The first-order valence-corrected chi connectivity index (χ1v) is 9.79. The van der Waals surface area contributed by atoms with Crippen molar-refractivity contribution in [3.63, 3.8) is 0 Å². The summed E-state index contributed by atoms with van der Waals surface area (Å²) in [7, 11) is 0. The Morgan fingerprint density at radius 3 is 2.03 bits per heavy atom. The number of hydrogen-bond donors (Lipinski definition) is 0. The predicted molar refractivity (Wildman–Crippen MR) is 112 cm³/mol. The Morgan fingerprint density at radius 2 is 1.38 bits per heavy atom. The molecule has 0 heterocycles. The minimum absolute atomic E-state index is 0.0418. The summed E-state index contributed by atoms with van der Waals surface area (Å²) in [5.41, 5.74) is 3.06. The molecule has 3 nitrogen and oxygen atoms in total. The third-order valence-electron chi connectivity index (χ3n) is 5.35. The molecule has 144 valence electrons. The van der Waals surface area contributed by atoms with E-state index < -0.39 is 11.9 Å². The Labute approximate surface area is 170 Å². The summed E-state index contributed by atoms with van der Waals surface area (Å²) < 4.78 is 5.55. The normalized spacial score (nSPS) is 18.1. The molecule has 4 rings (SSSR count). The summed E-state index contributed by atoms with van der Waals surface area (Å²) in [4.78, 5) is 26.3. The van der Waals surface area contributed by atoms with E-state index in [1.165, 1.54) is 0 Å². The highest BCUT2D eigenvalue weighted by molar-refractivity contribution is 6.06. The SMILES string of the molecule is O=C(OCc1ccccc1)C1=CC[C@@H](c2ccccc2)[C@@H]1C(=O)c1ccccc1. The molecule has 0 unspecified atom stereocenters. The quantitative estimate of drug-likeness (QED) is 0.427. The second kappa shape index (κ2) is 8.70. The first-order chi connectivity index (χ1) is 14.2. The molecule has 0 aliphatic heterocycles. The van der Waals surface area contributed by atoms with E-state index in [-0.39, 0.29) is 18.3 Å². The first-order valence-electron chi connectivity index (χ1n) is 9.79. The van der Waals surface area contributed by atoms with E-state index in [0.717, 1.165) is 11.1 Å². The highest BCUT2D eigenvalue weighted by Gasteiger charge is 2.40. The number of allylic oxidation sites excluding steroid dienone is 1. The van der Waals surface area contributed by atoms with Crippen molar-refractivity contribution in [1.82, 2.24) is 0 Å². The minimum Gasteiger partial charge on any atom is -0.457 e. The zero-order valence-electron chi connectivity index (χ0n) is 16.0. The van der Waals surface area contributed by atoms with Gasteiger partial charge in [-0.2, -0.15) is 0 Å². The van der Waals surface area contributed by atoms with E-state index in [4.69, 9.17) is 4.74 Å². The van der Waals surface area contributed by atoms with Crippen LogP contribution in [-0.4, -0.2) is 11.8 Å². The van der Waals surface area contributed by atoms with Crippen LogP contribution >= 0.6 is 0 Å². The molecule has 0 saturated heterocycles. The van der Waals surface area contributed by atoms with Crippen LogP contribution in [-0.2, 0) is 16.1 Å². The molecular weight excluding hydrogens is 360 g/mol. The van der Waals surface area contributed by atoms with Crippen molar-refractivity contribution in [2.75, 3.05) is 0 Å². The molecular formula is C26H22O3. The molecule has 29 heavy (non-hydrogen) atoms. The smallest absolute Gasteiger partial charge is 0.334 e. The zero-order valence-corrected chi connectivity index (χ0v) is 16.0. The number of ketones is 1. The van der Waals surface area contributed by atoms with Crippen LogP contribution < -0.4 is 0 Å². The summed E-state index contributed by atoms with van der Waals surface area (Å²) in [6, 6.07) is 28.6. The van der Waals surface area contributed by atoms with Gasteiger partial charge in [-0.1, -0.05) is 97.1 Å². The van der Waals surface area contributed by atoms with Gasteiger partial charge in [0.2, 0.25) is 0 Å². The van der Waals surface area contributed by atoms with Crippen LogP contribution in [0.25, 0.3) is 0 Å². The predicted octanol–water partition coefficient (Wildman–Crippen LogP) is 5.34. The lowest BCUT2D eigenvalue weighted by Gasteiger charge is -2.22. The first kappa shape index (κ1) is 18.9. The van der Waals surface area contributed by atoms with Crippen molar-refractivity contribution >= 4 is 11.8 Å². The number of benzene rings is 3. The van der Waals surface area contributed by atoms with Crippen molar-refractivity contribution < 1.29 is 14.3 Å². The van der Waals surface area contributed by atoms with Gasteiger partial charge in [0.15, 0.2) is 5.78 Å². The Hall–Kier alpha value is -3.46. The van der Waals surface area contributed by atoms with Gasteiger partial charge in [0, 0.05) is 17.1 Å². The van der Waals surface area contributed by atoms with Crippen molar-refractivity contribution in [3.8, 4) is 0 Å². The van der Waals surface area contributed by atoms with Gasteiger partial charge in [-0.25, -0.2) is 4.79 Å². The lowest BCUT2D eigenvalue weighted by Crippen LogP contribution is -2.25. The van der Waals surface area contributed by atoms with Crippen molar-refractivity contribution in [1.29, 1.82) is 0 Å². The molecule has 0 saturated carbocycles. The monoisotopic (exact) mass is 382 g/mol. The van der Waals surface area contributed by atoms with Gasteiger partial charge in [-0.15, -0.1) is 0 Å². The molecule has 3 aromatic carbocycles. The average molecular weight is 382 g/mol. The minimum atomic E-state index is -0.539. The third kappa shape index (κ3) is 4.19. The fourth-order valence-corrected chi connectivity index (χ4v) is 3.89. The second-order valence-corrected chi connectivity index (χ2v) is 7.18.